The Balaban J connectivity index is 1.84. The van der Waals surface area contributed by atoms with Gasteiger partial charge in [-0.3, -0.25) is 4.79 Å². The third kappa shape index (κ3) is 4.21. The molecule has 2 rings (SSSR count). The van der Waals surface area contributed by atoms with E-state index in [0.717, 1.165) is 25.0 Å². The second-order valence-electron chi connectivity index (χ2n) is 5.08. The van der Waals surface area contributed by atoms with Crippen LogP contribution < -0.4 is 14.9 Å². The highest BCUT2D eigenvalue weighted by Gasteiger charge is 2.20. The number of ether oxygens (including phenoxy) is 2. The lowest BCUT2D eigenvalue weighted by molar-refractivity contribution is -0.123. The molecule has 1 aliphatic carbocycles. The minimum absolute atomic E-state index is 0.0755. The number of rotatable bonds is 6. The number of carbonyl (C=O) groups is 1. The summed E-state index contributed by atoms with van der Waals surface area (Å²) in [6, 6.07) is 7.24. The first-order chi connectivity index (χ1) is 10.2. The van der Waals surface area contributed by atoms with E-state index in [-0.39, 0.29) is 12.5 Å². The van der Waals surface area contributed by atoms with Gasteiger partial charge in [-0.1, -0.05) is 19.1 Å². The van der Waals surface area contributed by atoms with Crippen molar-refractivity contribution in [1.82, 2.24) is 5.43 Å². The third-order valence-corrected chi connectivity index (χ3v) is 3.70. The number of amides is 1. The zero-order valence-electron chi connectivity index (χ0n) is 12.6. The first-order valence-electron chi connectivity index (χ1n) is 7.35. The predicted octanol–water partition coefficient (Wildman–Crippen LogP) is 2.76. The molecule has 0 radical (unpaired) electrons. The SMILES string of the molecule is CCC1CCCC1=NNC(=O)COc1ccccc1OC. The minimum Gasteiger partial charge on any atom is -0.493 e. The number of benzene rings is 1. The van der Waals surface area contributed by atoms with Crippen LogP contribution in [0.5, 0.6) is 11.5 Å². The van der Waals surface area contributed by atoms with Crippen LogP contribution in [-0.2, 0) is 4.79 Å². The van der Waals surface area contributed by atoms with E-state index in [1.165, 1.54) is 6.42 Å². The van der Waals surface area contributed by atoms with Gasteiger partial charge < -0.3 is 9.47 Å². The Morgan fingerprint density at radius 3 is 2.86 bits per heavy atom. The van der Waals surface area contributed by atoms with Crippen LogP contribution in [0.1, 0.15) is 32.6 Å². The summed E-state index contributed by atoms with van der Waals surface area (Å²) in [6.45, 7) is 2.08. The van der Waals surface area contributed by atoms with Crippen LogP contribution in [0.25, 0.3) is 0 Å². The standard InChI is InChI=1S/C16H22N2O3/c1-3-12-7-6-8-13(12)17-18-16(19)11-21-15-10-5-4-9-14(15)20-2/h4-5,9-10,12H,3,6-8,11H2,1-2H3,(H,18,19). The lowest BCUT2D eigenvalue weighted by atomic mass is 10.0. The van der Waals surface area contributed by atoms with Crippen molar-refractivity contribution >= 4 is 11.6 Å². The highest BCUT2D eigenvalue weighted by Crippen LogP contribution is 2.26. The molecule has 0 spiro atoms. The first kappa shape index (κ1) is 15.4. The van der Waals surface area contributed by atoms with Crippen molar-refractivity contribution in [2.24, 2.45) is 11.0 Å². The van der Waals surface area contributed by atoms with E-state index in [1.807, 2.05) is 12.1 Å². The molecule has 1 atom stereocenters. The number of hydrogen-bond acceptors (Lipinski definition) is 4. The molecule has 0 bridgehead atoms. The van der Waals surface area contributed by atoms with Gasteiger partial charge in [0.2, 0.25) is 0 Å². The Morgan fingerprint density at radius 2 is 2.14 bits per heavy atom. The number of methoxy groups -OCH3 is 1. The summed E-state index contributed by atoms with van der Waals surface area (Å²) in [7, 11) is 1.57. The van der Waals surface area contributed by atoms with E-state index in [0.29, 0.717) is 17.4 Å². The van der Waals surface area contributed by atoms with Crippen molar-refractivity contribution in [2.75, 3.05) is 13.7 Å². The zero-order chi connectivity index (χ0) is 15.1. The van der Waals surface area contributed by atoms with Gasteiger partial charge in [0.1, 0.15) is 0 Å². The number of nitrogens with one attached hydrogen (secondary N) is 1. The Labute approximate surface area is 125 Å². The van der Waals surface area contributed by atoms with Crippen LogP contribution in [0.4, 0.5) is 0 Å². The lowest BCUT2D eigenvalue weighted by Crippen LogP contribution is -2.26. The third-order valence-electron chi connectivity index (χ3n) is 3.70. The maximum Gasteiger partial charge on any atom is 0.277 e. The Bertz CT molecular complexity index is 514. The van der Waals surface area contributed by atoms with Crippen LogP contribution in [0, 0.1) is 5.92 Å². The van der Waals surface area contributed by atoms with Gasteiger partial charge in [-0.05, 0) is 43.7 Å². The van der Waals surface area contributed by atoms with Gasteiger partial charge >= 0.3 is 0 Å². The molecule has 1 amide bonds. The second kappa shape index (κ2) is 7.67. The van der Waals surface area contributed by atoms with E-state index in [2.05, 4.69) is 17.5 Å². The largest absolute Gasteiger partial charge is 0.493 e. The molecule has 1 N–H and O–H groups in total. The van der Waals surface area contributed by atoms with Crippen molar-refractivity contribution in [1.29, 1.82) is 0 Å². The highest BCUT2D eigenvalue weighted by atomic mass is 16.5. The van der Waals surface area contributed by atoms with Crippen LogP contribution in [0.2, 0.25) is 0 Å². The smallest absolute Gasteiger partial charge is 0.277 e. The molecule has 1 fully saturated rings. The summed E-state index contributed by atoms with van der Waals surface area (Å²) >= 11 is 0. The summed E-state index contributed by atoms with van der Waals surface area (Å²) in [5, 5.41) is 4.24. The Hall–Kier alpha value is -2.04. The van der Waals surface area contributed by atoms with Crippen LogP contribution >= 0.6 is 0 Å². The van der Waals surface area contributed by atoms with E-state index < -0.39 is 0 Å². The predicted molar refractivity (Wildman–Crippen MR) is 81.7 cm³/mol. The Kier molecular flexibility index (Phi) is 5.60. The van der Waals surface area contributed by atoms with Gasteiger partial charge in [0.15, 0.2) is 18.1 Å². The van der Waals surface area contributed by atoms with Crippen LogP contribution in [0.3, 0.4) is 0 Å². The van der Waals surface area contributed by atoms with E-state index in [1.54, 1.807) is 19.2 Å². The minimum atomic E-state index is -0.254. The molecule has 1 aromatic rings. The summed E-state index contributed by atoms with van der Waals surface area (Å²) in [5.41, 5.74) is 3.68. The number of hydrogen-bond donors (Lipinski definition) is 1. The molecule has 0 aromatic heterocycles. The molecule has 5 nitrogen and oxygen atoms in total. The van der Waals surface area contributed by atoms with Gasteiger partial charge in [-0.2, -0.15) is 5.10 Å². The highest BCUT2D eigenvalue weighted by molar-refractivity contribution is 5.89. The summed E-state index contributed by atoms with van der Waals surface area (Å²) in [4.78, 5) is 11.8. The monoisotopic (exact) mass is 290 g/mol. The molecule has 1 aliphatic rings. The van der Waals surface area contributed by atoms with Gasteiger partial charge in [-0.15, -0.1) is 0 Å². The quantitative estimate of drug-likeness (QED) is 0.819. The fraction of sp³-hybridized carbons (Fsp3) is 0.500. The molecule has 0 aliphatic heterocycles. The van der Waals surface area contributed by atoms with Crippen LogP contribution in [-0.4, -0.2) is 25.3 Å². The van der Waals surface area contributed by atoms with Crippen molar-refractivity contribution in [3.63, 3.8) is 0 Å². The van der Waals surface area contributed by atoms with Crippen molar-refractivity contribution in [3.8, 4) is 11.5 Å². The fourth-order valence-corrected chi connectivity index (χ4v) is 2.54. The number of carbonyl (C=O) groups excluding carboxylic acids is 1. The fourth-order valence-electron chi connectivity index (χ4n) is 2.54. The lowest BCUT2D eigenvalue weighted by Gasteiger charge is -2.10. The number of hydrazone groups is 1. The topological polar surface area (TPSA) is 59.9 Å². The molecule has 1 saturated carbocycles. The van der Waals surface area contributed by atoms with Crippen molar-refractivity contribution in [3.05, 3.63) is 24.3 Å². The van der Waals surface area contributed by atoms with Gasteiger partial charge in [0.25, 0.3) is 5.91 Å². The maximum absolute atomic E-state index is 11.8. The molecule has 5 heteroatoms. The maximum atomic E-state index is 11.8. The average molecular weight is 290 g/mol. The molecule has 21 heavy (non-hydrogen) atoms. The zero-order valence-corrected chi connectivity index (χ0v) is 12.6. The van der Waals surface area contributed by atoms with E-state index >= 15 is 0 Å². The Morgan fingerprint density at radius 1 is 1.38 bits per heavy atom. The van der Waals surface area contributed by atoms with Crippen LogP contribution in [0.15, 0.2) is 29.4 Å². The summed E-state index contributed by atoms with van der Waals surface area (Å²) < 4.78 is 10.6. The summed E-state index contributed by atoms with van der Waals surface area (Å²) in [6.07, 6.45) is 4.38. The molecule has 0 heterocycles. The number of para-hydroxylation sites is 2. The average Bonchev–Trinajstić information content (AvgIpc) is 2.98. The number of nitrogens with zero attached hydrogens (tertiary/aromatic N) is 1. The normalized spacial score (nSPS) is 19.5. The van der Waals surface area contributed by atoms with Gasteiger partial charge in [0, 0.05) is 5.71 Å². The van der Waals surface area contributed by atoms with Gasteiger partial charge in [-0.25, -0.2) is 5.43 Å². The van der Waals surface area contributed by atoms with E-state index in [9.17, 15) is 4.79 Å². The van der Waals surface area contributed by atoms with E-state index in [4.69, 9.17) is 9.47 Å². The molecule has 114 valence electrons. The second-order valence-corrected chi connectivity index (χ2v) is 5.08. The molecular formula is C16H22N2O3. The van der Waals surface area contributed by atoms with Gasteiger partial charge in [0.05, 0.1) is 7.11 Å². The summed E-state index contributed by atoms with van der Waals surface area (Å²) in [5.74, 6) is 1.42. The first-order valence-corrected chi connectivity index (χ1v) is 7.35. The molecular weight excluding hydrogens is 268 g/mol. The molecule has 1 aromatic carbocycles. The molecule has 1 unspecified atom stereocenters. The van der Waals surface area contributed by atoms with Crippen molar-refractivity contribution < 1.29 is 14.3 Å². The molecule has 0 saturated heterocycles. The van der Waals surface area contributed by atoms with Crippen molar-refractivity contribution in [2.45, 2.75) is 32.6 Å².